The van der Waals surface area contributed by atoms with Crippen LogP contribution in [0.2, 0.25) is 0 Å². The lowest BCUT2D eigenvalue weighted by molar-refractivity contribution is -0.143. The van der Waals surface area contributed by atoms with Crippen LogP contribution in [0.5, 0.6) is 0 Å². The first-order valence-electron chi connectivity index (χ1n) is 17.8. The fraction of sp³-hybridized carbons (Fsp3) is 0.571. The summed E-state index contributed by atoms with van der Waals surface area (Å²) in [5.41, 5.74) is 22.4. The Morgan fingerprint density at radius 1 is 0.722 bits per heavy atom. The van der Waals surface area contributed by atoms with Crippen LogP contribution in [0.3, 0.4) is 0 Å². The summed E-state index contributed by atoms with van der Waals surface area (Å²) in [6, 6.07) is 0.511. The minimum absolute atomic E-state index is 0.107. The first-order chi connectivity index (χ1) is 25.3. The molecule has 13 N–H and O–H groups in total. The average molecular weight is 759 g/mol. The Morgan fingerprint density at radius 3 is 1.87 bits per heavy atom. The molecule has 7 atom stereocenters. The highest BCUT2D eigenvalue weighted by Gasteiger charge is 2.40. The second kappa shape index (κ2) is 21.2. The maximum atomic E-state index is 13.9. The first-order valence-corrected chi connectivity index (χ1v) is 17.8. The van der Waals surface area contributed by atoms with Crippen LogP contribution in [0.15, 0.2) is 30.3 Å². The number of nitrogens with zero attached hydrogens (tertiary/aromatic N) is 1. The van der Waals surface area contributed by atoms with Crippen molar-refractivity contribution < 1.29 is 43.2 Å². The number of nitrogens with two attached hydrogens (primary N) is 4. The highest BCUT2D eigenvalue weighted by Crippen LogP contribution is 2.21. The molecule has 9 amide bonds. The molecule has 2 rings (SSSR count). The molecule has 0 aliphatic carbocycles. The molecular formula is C35H54N10O9. The van der Waals surface area contributed by atoms with Gasteiger partial charge in [0.2, 0.25) is 53.2 Å². The van der Waals surface area contributed by atoms with Gasteiger partial charge in [-0.05, 0) is 51.0 Å². The number of carbonyl (C=O) groups is 9. The van der Waals surface area contributed by atoms with E-state index in [4.69, 9.17) is 22.9 Å². The molecule has 19 heteroatoms. The molecule has 1 aromatic carbocycles. The van der Waals surface area contributed by atoms with Gasteiger partial charge in [0.1, 0.15) is 36.3 Å². The zero-order chi connectivity index (χ0) is 40.7. The summed E-state index contributed by atoms with van der Waals surface area (Å²) in [6.07, 6.45) is -0.257. The van der Waals surface area contributed by atoms with Gasteiger partial charge < -0.3 is 54.4 Å². The van der Waals surface area contributed by atoms with Crippen molar-refractivity contribution in [2.24, 2.45) is 28.9 Å². The molecule has 1 saturated heterocycles. The second-order valence-electron chi connectivity index (χ2n) is 13.9. The van der Waals surface area contributed by atoms with Crippen molar-refractivity contribution >= 4 is 53.2 Å². The van der Waals surface area contributed by atoms with E-state index in [1.54, 1.807) is 44.2 Å². The van der Waals surface area contributed by atoms with Crippen molar-refractivity contribution in [2.45, 2.75) is 115 Å². The molecule has 1 aliphatic heterocycles. The predicted molar refractivity (Wildman–Crippen MR) is 195 cm³/mol. The lowest BCUT2D eigenvalue weighted by Gasteiger charge is -2.31. The van der Waals surface area contributed by atoms with Crippen LogP contribution in [-0.2, 0) is 49.6 Å². The minimum atomic E-state index is -1.42. The van der Waals surface area contributed by atoms with Crippen molar-refractivity contribution in [2.75, 3.05) is 6.54 Å². The third-order valence-electron chi connectivity index (χ3n) is 8.62. The molecular weight excluding hydrogens is 704 g/mol. The number of rotatable bonds is 21. The van der Waals surface area contributed by atoms with Gasteiger partial charge in [-0.1, -0.05) is 44.2 Å². The van der Waals surface area contributed by atoms with Gasteiger partial charge in [-0.25, -0.2) is 0 Å². The monoisotopic (exact) mass is 758 g/mol. The molecule has 1 heterocycles. The number of carbonyl (C=O) groups excluding carboxylic acids is 9. The molecule has 54 heavy (non-hydrogen) atoms. The molecule has 0 saturated carbocycles. The van der Waals surface area contributed by atoms with Crippen LogP contribution in [0.4, 0.5) is 0 Å². The average Bonchev–Trinajstić information content (AvgIpc) is 3.58. The summed E-state index contributed by atoms with van der Waals surface area (Å²) >= 11 is 0. The fourth-order valence-corrected chi connectivity index (χ4v) is 5.75. The van der Waals surface area contributed by atoms with Crippen LogP contribution >= 0.6 is 0 Å². The molecule has 1 aliphatic rings. The van der Waals surface area contributed by atoms with E-state index in [0.717, 1.165) is 5.56 Å². The molecule has 0 spiro atoms. The lowest BCUT2D eigenvalue weighted by Crippen LogP contribution is -2.59. The normalized spacial score (nSPS) is 17.1. The summed E-state index contributed by atoms with van der Waals surface area (Å²) in [5.74, 6) is -7.04. The topological polar surface area (TPSA) is 321 Å². The van der Waals surface area contributed by atoms with E-state index in [1.807, 2.05) is 0 Å². The van der Waals surface area contributed by atoms with E-state index in [9.17, 15) is 43.2 Å². The van der Waals surface area contributed by atoms with Gasteiger partial charge in [-0.2, -0.15) is 0 Å². The molecule has 19 nitrogen and oxygen atoms in total. The first kappa shape index (κ1) is 44.6. The highest BCUT2D eigenvalue weighted by molar-refractivity contribution is 5.98. The second-order valence-corrected chi connectivity index (χ2v) is 13.9. The Hall–Kier alpha value is -5.59. The van der Waals surface area contributed by atoms with E-state index in [1.165, 1.54) is 18.7 Å². The number of hydrogen-bond acceptors (Lipinski definition) is 10. The molecule has 298 valence electrons. The molecule has 0 radical (unpaired) electrons. The summed E-state index contributed by atoms with van der Waals surface area (Å²) in [5, 5.41) is 12.5. The van der Waals surface area contributed by atoms with Gasteiger partial charge >= 0.3 is 0 Å². The molecule has 0 unspecified atom stereocenters. The van der Waals surface area contributed by atoms with E-state index in [0.29, 0.717) is 6.42 Å². The summed E-state index contributed by atoms with van der Waals surface area (Å²) in [6.45, 7) is 6.48. The Kier molecular flexibility index (Phi) is 17.5. The van der Waals surface area contributed by atoms with Gasteiger partial charge in [0.25, 0.3) is 0 Å². The van der Waals surface area contributed by atoms with Crippen LogP contribution in [0.25, 0.3) is 0 Å². The number of hydrogen-bond donors (Lipinski definition) is 9. The van der Waals surface area contributed by atoms with Crippen LogP contribution in [-0.4, -0.2) is 107 Å². The standard InChI is InChI=1S/C35H54N10O9/c1-18(2)15-25(44-33(52)24(17-28(38)47)43-30(49)19(3)36)35(54)45-14-8-11-26(45)34(53)41-22(12-13-27(37)46)32(51)40-20(4)31(50)42-23(29(39)48)16-21-9-6-5-7-10-21/h5-7,9-10,18-20,22-26H,8,11-17,36H2,1-4H3,(H2,37,46)(H2,38,47)(H2,39,48)(H,40,51)(H,41,53)(H,42,50)(H,43,49)(H,44,52)/t19-,20-,22-,23-,24-,25-,26-/m0/s1. The summed E-state index contributed by atoms with van der Waals surface area (Å²) < 4.78 is 0. The maximum Gasteiger partial charge on any atom is 0.245 e. The van der Waals surface area contributed by atoms with Gasteiger partial charge in [-0.3, -0.25) is 43.2 Å². The fourth-order valence-electron chi connectivity index (χ4n) is 5.75. The van der Waals surface area contributed by atoms with E-state index >= 15 is 0 Å². The van der Waals surface area contributed by atoms with Crippen molar-refractivity contribution in [3.8, 4) is 0 Å². The van der Waals surface area contributed by atoms with Crippen molar-refractivity contribution in [1.29, 1.82) is 0 Å². The van der Waals surface area contributed by atoms with Crippen molar-refractivity contribution in [3.63, 3.8) is 0 Å². The lowest BCUT2D eigenvalue weighted by atomic mass is 10.0. The number of nitrogens with one attached hydrogen (secondary N) is 5. The number of benzene rings is 1. The van der Waals surface area contributed by atoms with Crippen molar-refractivity contribution in [3.05, 3.63) is 35.9 Å². The van der Waals surface area contributed by atoms with Gasteiger partial charge in [0, 0.05) is 19.4 Å². The smallest absolute Gasteiger partial charge is 0.245 e. The zero-order valence-corrected chi connectivity index (χ0v) is 31.1. The summed E-state index contributed by atoms with van der Waals surface area (Å²) in [7, 11) is 0. The predicted octanol–water partition coefficient (Wildman–Crippen LogP) is -3.32. The molecule has 1 aromatic rings. The number of amides is 9. The molecule has 0 bridgehead atoms. The highest BCUT2D eigenvalue weighted by atomic mass is 16.2. The van der Waals surface area contributed by atoms with Gasteiger partial charge in [-0.15, -0.1) is 0 Å². The van der Waals surface area contributed by atoms with E-state index in [2.05, 4.69) is 26.6 Å². The Labute approximate surface area is 313 Å². The largest absolute Gasteiger partial charge is 0.370 e. The Balaban J connectivity index is 2.20. The Bertz CT molecular complexity index is 1540. The zero-order valence-electron chi connectivity index (χ0n) is 31.1. The van der Waals surface area contributed by atoms with Gasteiger partial charge in [0.15, 0.2) is 0 Å². The van der Waals surface area contributed by atoms with Crippen LogP contribution < -0.4 is 49.5 Å². The van der Waals surface area contributed by atoms with Crippen LogP contribution in [0.1, 0.15) is 71.8 Å². The molecule has 0 aromatic heterocycles. The van der Waals surface area contributed by atoms with Crippen LogP contribution in [0, 0.1) is 5.92 Å². The SMILES string of the molecule is CC(C)C[C@H](NC(=O)[C@H](CC(N)=O)NC(=O)[C@H](C)N)C(=O)N1CCC[C@H]1C(=O)N[C@@H](CCC(N)=O)C(=O)N[C@@H](C)C(=O)N[C@@H](Cc1ccccc1)C(N)=O. The third-order valence-corrected chi connectivity index (χ3v) is 8.62. The maximum absolute atomic E-state index is 13.9. The summed E-state index contributed by atoms with van der Waals surface area (Å²) in [4.78, 5) is 116. The Morgan fingerprint density at radius 2 is 1.31 bits per heavy atom. The quantitative estimate of drug-likeness (QED) is 0.0601. The third kappa shape index (κ3) is 14.4. The van der Waals surface area contributed by atoms with E-state index in [-0.39, 0.29) is 44.6 Å². The minimum Gasteiger partial charge on any atom is -0.370 e. The van der Waals surface area contributed by atoms with Crippen molar-refractivity contribution in [1.82, 2.24) is 31.5 Å². The number of likely N-dealkylation sites (tertiary alicyclic amines) is 1. The van der Waals surface area contributed by atoms with Gasteiger partial charge in [0.05, 0.1) is 12.5 Å². The molecule has 1 fully saturated rings. The number of primary amides is 3. The van der Waals surface area contributed by atoms with E-state index < -0.39 is 102 Å².